The number of ether oxygens (including phenoxy) is 1. The zero-order valence-corrected chi connectivity index (χ0v) is 22.7. The number of carbonyl (C=O) groups is 2. The number of alkyl halides is 3. The molecule has 0 fully saturated rings. The molecular formula is C27H25F5N6O3S. The number of hydrazone groups is 1. The van der Waals surface area contributed by atoms with Gasteiger partial charge in [-0.3, -0.25) is 9.59 Å². The summed E-state index contributed by atoms with van der Waals surface area (Å²) in [4.78, 5) is 24.5. The molecular weight excluding hydrogens is 583 g/mol. The van der Waals surface area contributed by atoms with Gasteiger partial charge in [-0.15, -0.1) is 23.4 Å². The minimum Gasteiger partial charge on any atom is -0.406 e. The molecule has 0 saturated heterocycles. The first kappa shape index (κ1) is 30.6. The first-order chi connectivity index (χ1) is 20.0. The molecule has 0 saturated carbocycles. The van der Waals surface area contributed by atoms with E-state index in [-0.39, 0.29) is 35.4 Å². The van der Waals surface area contributed by atoms with Crippen molar-refractivity contribution >= 4 is 34.1 Å². The maximum atomic E-state index is 13.7. The van der Waals surface area contributed by atoms with Gasteiger partial charge in [0, 0.05) is 12.0 Å². The Balaban J connectivity index is 1.13. The van der Waals surface area contributed by atoms with E-state index in [0.717, 1.165) is 49.6 Å². The van der Waals surface area contributed by atoms with Crippen LogP contribution in [0.3, 0.4) is 0 Å². The summed E-state index contributed by atoms with van der Waals surface area (Å²) in [6.07, 6.45) is 1.16. The first-order valence-corrected chi connectivity index (χ1v) is 13.6. The Bertz CT molecular complexity index is 1480. The Morgan fingerprint density at radius 1 is 1.00 bits per heavy atom. The van der Waals surface area contributed by atoms with Gasteiger partial charge in [0.15, 0.2) is 5.84 Å². The van der Waals surface area contributed by atoms with Gasteiger partial charge < -0.3 is 20.8 Å². The Labute approximate surface area is 240 Å². The van der Waals surface area contributed by atoms with Crippen LogP contribution < -0.4 is 20.8 Å². The van der Waals surface area contributed by atoms with E-state index in [0.29, 0.717) is 17.0 Å². The van der Waals surface area contributed by atoms with Gasteiger partial charge in [0.25, 0.3) is 0 Å². The number of benzene rings is 2. The molecule has 15 heteroatoms. The van der Waals surface area contributed by atoms with Crippen LogP contribution in [0.15, 0.2) is 59.7 Å². The van der Waals surface area contributed by atoms with Crippen LogP contribution in [0.5, 0.6) is 5.75 Å². The van der Waals surface area contributed by atoms with Gasteiger partial charge in [0.05, 0.1) is 18.9 Å². The van der Waals surface area contributed by atoms with Crippen LogP contribution in [-0.2, 0) is 28.9 Å². The molecule has 0 bridgehead atoms. The summed E-state index contributed by atoms with van der Waals surface area (Å²) in [7, 11) is 0. The lowest BCUT2D eigenvalue weighted by molar-refractivity contribution is -0.274. The van der Waals surface area contributed by atoms with E-state index in [1.165, 1.54) is 23.5 Å². The number of hydrogen-bond donors (Lipinski definition) is 3. The van der Waals surface area contributed by atoms with Crippen LogP contribution in [0.2, 0.25) is 0 Å². The first-order valence-electron chi connectivity index (χ1n) is 12.7. The third-order valence-corrected chi connectivity index (χ3v) is 6.73. The number of hydrogen-bond acceptors (Lipinski definition) is 8. The Hall–Kier alpha value is -4.40. The van der Waals surface area contributed by atoms with Gasteiger partial charge in [0.1, 0.15) is 22.4 Å². The van der Waals surface area contributed by atoms with Gasteiger partial charge in [-0.05, 0) is 54.8 Å². The smallest absolute Gasteiger partial charge is 0.406 e. The molecule has 1 unspecified atom stereocenters. The number of unbranched alkanes of at least 4 members (excludes halogenated alkanes) is 1. The molecule has 9 nitrogen and oxygen atoms in total. The van der Waals surface area contributed by atoms with Crippen LogP contribution in [0, 0.1) is 11.6 Å². The lowest BCUT2D eigenvalue weighted by Gasteiger charge is -2.18. The number of amides is 2. The maximum Gasteiger partial charge on any atom is 0.573 e. The van der Waals surface area contributed by atoms with Crippen molar-refractivity contribution in [2.24, 2.45) is 5.10 Å². The summed E-state index contributed by atoms with van der Waals surface area (Å²) in [5, 5.41) is 18.2. The number of carbonyl (C=O) groups excluding carboxylic acids is 2. The zero-order valence-electron chi connectivity index (χ0n) is 21.9. The monoisotopic (exact) mass is 608 g/mol. The van der Waals surface area contributed by atoms with E-state index in [1.54, 1.807) is 6.08 Å². The molecule has 3 aromatic rings. The molecule has 2 amide bonds. The predicted octanol–water partition coefficient (Wildman–Crippen LogP) is 4.81. The van der Waals surface area contributed by atoms with Crippen molar-refractivity contribution in [1.82, 2.24) is 20.9 Å². The molecule has 0 spiro atoms. The highest BCUT2D eigenvalue weighted by molar-refractivity contribution is 7.15. The molecule has 2 heterocycles. The van der Waals surface area contributed by atoms with Crippen LogP contribution in [0.1, 0.15) is 35.4 Å². The van der Waals surface area contributed by atoms with Crippen molar-refractivity contribution < 1.29 is 36.3 Å². The molecule has 1 aliphatic rings. The number of nitrogens with zero attached hydrogens (tertiary/aromatic N) is 3. The molecule has 1 atom stereocenters. The molecule has 3 N–H and O–H groups in total. The van der Waals surface area contributed by atoms with Crippen molar-refractivity contribution in [3.63, 3.8) is 0 Å². The minimum absolute atomic E-state index is 0.0504. The summed E-state index contributed by atoms with van der Waals surface area (Å²) < 4.78 is 68.1. The molecule has 0 radical (unpaired) electrons. The number of rotatable bonds is 11. The van der Waals surface area contributed by atoms with Crippen LogP contribution in [0.4, 0.5) is 27.1 Å². The van der Waals surface area contributed by atoms with E-state index < -0.39 is 35.6 Å². The van der Waals surface area contributed by atoms with E-state index in [1.807, 2.05) is 6.08 Å². The molecule has 4 rings (SSSR count). The van der Waals surface area contributed by atoms with E-state index in [9.17, 15) is 31.5 Å². The average molecular weight is 609 g/mol. The van der Waals surface area contributed by atoms with Crippen LogP contribution in [-0.4, -0.2) is 40.3 Å². The fraction of sp³-hybridized carbons (Fsp3) is 0.296. The standard InChI is InChI=1S/C27H25F5N6O3S/c28-18-8-10-21(29)17(14-18)15-24(40)34-26-38-37-25(42-26)7-2-1-5-19-9-11-22(36-35-19)33-23(39)13-16-4-3-6-20(12-16)41-27(30,31)32/h3-4,6,8-12,14,19,35H,1-2,5,7,13,15H2,(H,33,36,39)(H,34,38,40). The molecule has 222 valence electrons. The molecule has 1 aliphatic heterocycles. The number of amidine groups is 1. The summed E-state index contributed by atoms with van der Waals surface area (Å²) in [5.74, 6) is -2.39. The number of nitrogens with one attached hydrogen (secondary N) is 3. The highest BCUT2D eigenvalue weighted by atomic mass is 32.1. The third kappa shape index (κ3) is 9.90. The minimum atomic E-state index is -4.82. The summed E-state index contributed by atoms with van der Waals surface area (Å²) in [6.45, 7) is 0. The van der Waals surface area contributed by atoms with Crippen molar-refractivity contribution in [1.29, 1.82) is 0 Å². The molecule has 42 heavy (non-hydrogen) atoms. The lowest BCUT2D eigenvalue weighted by atomic mass is 10.1. The highest BCUT2D eigenvalue weighted by Crippen LogP contribution is 2.23. The van der Waals surface area contributed by atoms with Gasteiger partial charge in [0.2, 0.25) is 16.9 Å². The van der Waals surface area contributed by atoms with Crippen molar-refractivity contribution in [2.75, 3.05) is 5.32 Å². The number of aryl methyl sites for hydroxylation is 1. The lowest BCUT2D eigenvalue weighted by Crippen LogP contribution is -2.36. The largest absolute Gasteiger partial charge is 0.573 e. The van der Waals surface area contributed by atoms with Gasteiger partial charge in [-0.25, -0.2) is 8.78 Å². The van der Waals surface area contributed by atoms with Crippen LogP contribution >= 0.6 is 11.3 Å². The second kappa shape index (κ2) is 14.0. The van der Waals surface area contributed by atoms with Crippen molar-refractivity contribution in [3.8, 4) is 5.75 Å². The highest BCUT2D eigenvalue weighted by Gasteiger charge is 2.31. The Morgan fingerprint density at radius 2 is 1.81 bits per heavy atom. The summed E-state index contributed by atoms with van der Waals surface area (Å²) >= 11 is 1.20. The molecule has 1 aromatic heterocycles. The maximum absolute atomic E-state index is 13.7. The fourth-order valence-corrected chi connectivity index (χ4v) is 4.75. The second-order valence-electron chi connectivity index (χ2n) is 9.22. The van der Waals surface area contributed by atoms with E-state index in [4.69, 9.17) is 0 Å². The zero-order chi connectivity index (χ0) is 30.1. The van der Waals surface area contributed by atoms with Crippen molar-refractivity contribution in [3.05, 3.63) is 82.4 Å². The van der Waals surface area contributed by atoms with E-state index >= 15 is 0 Å². The fourth-order valence-electron chi connectivity index (χ4n) is 3.96. The van der Waals surface area contributed by atoms with Crippen LogP contribution in [0.25, 0.3) is 0 Å². The third-order valence-electron chi connectivity index (χ3n) is 5.83. The van der Waals surface area contributed by atoms with Gasteiger partial charge in [-0.1, -0.05) is 36.0 Å². The molecule has 2 aromatic carbocycles. The predicted molar refractivity (Wildman–Crippen MR) is 145 cm³/mol. The average Bonchev–Trinajstić information content (AvgIpc) is 3.35. The topological polar surface area (TPSA) is 118 Å². The Kier molecular flexibility index (Phi) is 10.2. The summed E-state index contributed by atoms with van der Waals surface area (Å²) in [6, 6.07) is 8.06. The quantitative estimate of drug-likeness (QED) is 0.213. The van der Waals surface area contributed by atoms with E-state index in [2.05, 4.69) is 36.1 Å². The molecule has 0 aliphatic carbocycles. The number of aromatic nitrogens is 2. The normalized spacial score (nSPS) is 14.6. The summed E-state index contributed by atoms with van der Waals surface area (Å²) in [5.41, 5.74) is 3.24. The van der Waals surface area contributed by atoms with Gasteiger partial charge >= 0.3 is 6.36 Å². The van der Waals surface area contributed by atoms with Crippen molar-refractivity contribution in [2.45, 2.75) is 50.9 Å². The number of anilines is 1. The second-order valence-corrected chi connectivity index (χ2v) is 10.3. The van der Waals surface area contributed by atoms with Gasteiger partial charge in [-0.2, -0.15) is 5.10 Å². The number of halogens is 5. The SMILES string of the molecule is O=C(Cc1cccc(OC(F)(F)F)c1)NC1=NNC(CCCCc2nnc(NC(=O)Cc3cc(F)ccc3F)s2)C=C1. The Morgan fingerprint density at radius 3 is 2.57 bits per heavy atom.